The summed E-state index contributed by atoms with van der Waals surface area (Å²) in [5.74, 6) is 0.719. The minimum atomic E-state index is -0.662. The van der Waals surface area contributed by atoms with Crippen LogP contribution in [0.1, 0.15) is 37.8 Å². The van der Waals surface area contributed by atoms with E-state index in [4.69, 9.17) is 27.9 Å². The molecular weight excluding hydrogens is 507 g/mol. The Labute approximate surface area is 229 Å². The highest BCUT2D eigenvalue weighted by Gasteiger charge is 2.30. The van der Waals surface area contributed by atoms with Gasteiger partial charge in [-0.3, -0.25) is 9.59 Å². The molecule has 0 aliphatic heterocycles. The maximum Gasteiger partial charge on any atom is 0.243 e. The summed E-state index contributed by atoms with van der Waals surface area (Å²) in [6.07, 6.45) is 1.18. The van der Waals surface area contributed by atoms with E-state index >= 15 is 0 Å². The van der Waals surface area contributed by atoms with Crippen LogP contribution in [-0.2, 0) is 22.6 Å². The van der Waals surface area contributed by atoms with Gasteiger partial charge >= 0.3 is 0 Å². The second kappa shape index (κ2) is 14.7. The third kappa shape index (κ3) is 9.75. The minimum absolute atomic E-state index is 0.111. The van der Waals surface area contributed by atoms with Crippen LogP contribution in [0.3, 0.4) is 0 Å². The molecule has 0 radical (unpaired) electrons. The molecule has 3 aromatic carbocycles. The molecule has 196 valence electrons. The van der Waals surface area contributed by atoms with E-state index < -0.39 is 6.04 Å². The molecule has 0 aliphatic carbocycles. The molecule has 0 saturated carbocycles. The predicted molar refractivity (Wildman–Crippen MR) is 150 cm³/mol. The Kier molecular flexibility index (Phi) is 11.3. The van der Waals surface area contributed by atoms with E-state index in [-0.39, 0.29) is 24.8 Å². The van der Waals surface area contributed by atoms with E-state index in [2.05, 4.69) is 5.32 Å². The van der Waals surface area contributed by atoms with Crippen LogP contribution in [0.25, 0.3) is 0 Å². The summed E-state index contributed by atoms with van der Waals surface area (Å²) in [5, 5.41) is 4.26. The van der Waals surface area contributed by atoms with Crippen molar-refractivity contribution in [1.29, 1.82) is 0 Å². The summed E-state index contributed by atoms with van der Waals surface area (Å²) < 4.78 is 5.77. The van der Waals surface area contributed by atoms with Gasteiger partial charge in [0.1, 0.15) is 11.8 Å². The Morgan fingerprint density at radius 3 is 2.27 bits per heavy atom. The number of carbonyl (C=O) groups is 2. The lowest BCUT2D eigenvalue weighted by Gasteiger charge is -2.32. The molecule has 5 nitrogen and oxygen atoms in total. The maximum atomic E-state index is 13.6. The van der Waals surface area contributed by atoms with Gasteiger partial charge in [0.05, 0.1) is 6.61 Å². The number of nitrogens with zero attached hydrogens (tertiary/aromatic N) is 1. The van der Waals surface area contributed by atoms with E-state index in [0.717, 1.165) is 11.1 Å². The standard InChI is InChI=1S/C30H34Cl2N2O3/c1-22(2)20-33-30(36)28(19-23-8-4-3-5-9-23)34(21-24-10-6-11-26(32)18-24)29(35)12-7-17-37-27-15-13-25(31)14-16-27/h3-6,8-11,13-16,18,22,28H,7,12,17,19-21H2,1-2H3,(H,33,36)/t28-/m1/s1. The highest BCUT2D eigenvalue weighted by atomic mass is 35.5. The number of hydrogen-bond acceptors (Lipinski definition) is 3. The first kappa shape index (κ1) is 28.5. The van der Waals surface area contributed by atoms with E-state index in [1.165, 1.54) is 0 Å². The lowest BCUT2D eigenvalue weighted by atomic mass is 10.0. The quantitative estimate of drug-likeness (QED) is 0.249. The fourth-order valence-corrected chi connectivity index (χ4v) is 4.24. The average molecular weight is 542 g/mol. The zero-order valence-electron chi connectivity index (χ0n) is 21.3. The Morgan fingerprint density at radius 2 is 1.59 bits per heavy atom. The Hall–Kier alpha value is -3.02. The molecule has 2 amide bonds. The number of benzene rings is 3. The molecule has 0 aromatic heterocycles. The van der Waals surface area contributed by atoms with Gasteiger partial charge in [-0.05, 0) is 59.9 Å². The average Bonchev–Trinajstić information content (AvgIpc) is 2.88. The number of halogens is 2. The Morgan fingerprint density at radius 1 is 0.892 bits per heavy atom. The van der Waals surface area contributed by atoms with Crippen molar-refractivity contribution < 1.29 is 14.3 Å². The summed E-state index contributed by atoms with van der Waals surface area (Å²) in [7, 11) is 0. The third-order valence-electron chi connectivity index (χ3n) is 5.81. The van der Waals surface area contributed by atoms with Gasteiger partial charge in [0.25, 0.3) is 0 Å². The molecule has 0 unspecified atom stereocenters. The number of carbonyl (C=O) groups excluding carboxylic acids is 2. The Bertz CT molecular complexity index is 1140. The van der Waals surface area contributed by atoms with Gasteiger partial charge in [0, 0.05) is 36.0 Å². The van der Waals surface area contributed by atoms with E-state index in [1.54, 1.807) is 35.2 Å². The molecule has 37 heavy (non-hydrogen) atoms. The summed E-state index contributed by atoms with van der Waals surface area (Å²) in [4.78, 5) is 28.7. The van der Waals surface area contributed by atoms with Crippen LogP contribution < -0.4 is 10.1 Å². The molecule has 0 fully saturated rings. The smallest absolute Gasteiger partial charge is 0.243 e. The van der Waals surface area contributed by atoms with Crippen LogP contribution in [0.5, 0.6) is 5.75 Å². The first-order chi connectivity index (χ1) is 17.8. The van der Waals surface area contributed by atoms with Crippen molar-refractivity contribution in [3.8, 4) is 5.75 Å². The number of amides is 2. The van der Waals surface area contributed by atoms with Crippen LogP contribution in [0, 0.1) is 5.92 Å². The van der Waals surface area contributed by atoms with Crippen molar-refractivity contribution in [1.82, 2.24) is 10.2 Å². The second-order valence-corrected chi connectivity index (χ2v) is 10.3. The first-order valence-electron chi connectivity index (χ1n) is 12.6. The van der Waals surface area contributed by atoms with Crippen molar-refractivity contribution in [2.75, 3.05) is 13.2 Å². The molecule has 1 N–H and O–H groups in total. The molecule has 0 saturated heterocycles. The molecular formula is C30H34Cl2N2O3. The molecule has 0 heterocycles. The SMILES string of the molecule is CC(C)CNC(=O)[C@@H](Cc1ccccc1)N(Cc1cccc(Cl)c1)C(=O)CCCOc1ccc(Cl)cc1. The zero-order chi connectivity index (χ0) is 26.6. The van der Waals surface area contributed by atoms with Crippen molar-refractivity contribution in [2.45, 2.75) is 45.7 Å². The van der Waals surface area contributed by atoms with Gasteiger partial charge in [-0.1, -0.05) is 79.5 Å². The van der Waals surface area contributed by atoms with E-state index in [1.807, 2.05) is 62.4 Å². The van der Waals surface area contributed by atoms with Crippen molar-refractivity contribution >= 4 is 35.0 Å². The molecule has 0 bridgehead atoms. The van der Waals surface area contributed by atoms with Gasteiger partial charge in [-0.15, -0.1) is 0 Å². The minimum Gasteiger partial charge on any atom is -0.494 e. The largest absolute Gasteiger partial charge is 0.494 e. The van der Waals surface area contributed by atoms with Crippen LogP contribution in [0.4, 0.5) is 0 Å². The van der Waals surface area contributed by atoms with Gasteiger partial charge in [-0.2, -0.15) is 0 Å². The summed E-state index contributed by atoms with van der Waals surface area (Å²) in [6, 6.07) is 23.6. The fourth-order valence-electron chi connectivity index (χ4n) is 3.90. The molecule has 3 rings (SSSR count). The normalized spacial score (nSPS) is 11.7. The number of hydrogen-bond donors (Lipinski definition) is 1. The van der Waals surface area contributed by atoms with Crippen molar-refractivity contribution in [2.24, 2.45) is 5.92 Å². The third-order valence-corrected chi connectivity index (χ3v) is 6.30. The van der Waals surface area contributed by atoms with Crippen LogP contribution >= 0.6 is 23.2 Å². The molecule has 7 heteroatoms. The predicted octanol–water partition coefficient (Wildman–Crippen LogP) is 6.56. The van der Waals surface area contributed by atoms with Crippen molar-refractivity contribution in [3.63, 3.8) is 0 Å². The number of rotatable bonds is 13. The van der Waals surface area contributed by atoms with E-state index in [0.29, 0.717) is 47.7 Å². The van der Waals surface area contributed by atoms with Gasteiger partial charge < -0.3 is 15.0 Å². The second-order valence-electron chi connectivity index (χ2n) is 9.40. The van der Waals surface area contributed by atoms with Crippen molar-refractivity contribution in [3.05, 3.63) is 100 Å². The molecule has 3 aromatic rings. The van der Waals surface area contributed by atoms with Crippen LogP contribution in [0.2, 0.25) is 10.0 Å². The molecule has 1 atom stereocenters. The number of nitrogens with one attached hydrogen (secondary N) is 1. The zero-order valence-corrected chi connectivity index (χ0v) is 22.8. The lowest BCUT2D eigenvalue weighted by molar-refractivity contribution is -0.141. The topological polar surface area (TPSA) is 58.6 Å². The lowest BCUT2D eigenvalue weighted by Crippen LogP contribution is -2.51. The highest BCUT2D eigenvalue weighted by molar-refractivity contribution is 6.30. The van der Waals surface area contributed by atoms with Gasteiger partial charge in [0.2, 0.25) is 11.8 Å². The molecule has 0 aliphatic rings. The summed E-state index contributed by atoms with van der Waals surface area (Å²) in [5.41, 5.74) is 1.86. The maximum absolute atomic E-state index is 13.6. The summed E-state index contributed by atoms with van der Waals surface area (Å²) in [6.45, 7) is 5.29. The first-order valence-corrected chi connectivity index (χ1v) is 13.3. The highest BCUT2D eigenvalue weighted by Crippen LogP contribution is 2.20. The van der Waals surface area contributed by atoms with Gasteiger partial charge in [0.15, 0.2) is 0 Å². The molecule has 0 spiro atoms. The van der Waals surface area contributed by atoms with Gasteiger partial charge in [-0.25, -0.2) is 0 Å². The summed E-state index contributed by atoms with van der Waals surface area (Å²) >= 11 is 12.2. The Balaban J connectivity index is 1.78. The fraction of sp³-hybridized carbons (Fsp3) is 0.333. The van der Waals surface area contributed by atoms with E-state index in [9.17, 15) is 9.59 Å². The van der Waals surface area contributed by atoms with Crippen LogP contribution in [0.15, 0.2) is 78.9 Å². The number of ether oxygens (including phenoxy) is 1. The van der Waals surface area contributed by atoms with Crippen LogP contribution in [-0.4, -0.2) is 35.9 Å². The monoisotopic (exact) mass is 540 g/mol.